The van der Waals surface area contributed by atoms with E-state index in [1.165, 1.54) is 0 Å². The number of carbonyl (C=O) groups is 1. The van der Waals surface area contributed by atoms with E-state index in [1.807, 2.05) is 42.2 Å². The lowest BCUT2D eigenvalue weighted by Gasteiger charge is -2.32. The molecule has 4 heterocycles. The number of benzene rings is 1. The van der Waals surface area contributed by atoms with Gasteiger partial charge in [-0.15, -0.1) is 10.2 Å². The molecule has 2 aromatic heterocycles. The highest BCUT2D eigenvalue weighted by Crippen LogP contribution is 2.33. The number of hydrogen-bond acceptors (Lipinski definition) is 7. The fourth-order valence-electron chi connectivity index (χ4n) is 4.56. The van der Waals surface area contributed by atoms with Crippen molar-refractivity contribution in [2.45, 2.75) is 39.2 Å². The van der Waals surface area contributed by atoms with Crippen LogP contribution in [0.4, 0.5) is 0 Å². The Morgan fingerprint density at radius 3 is 2.55 bits per heavy atom. The molecule has 1 amide bonds. The Kier molecular flexibility index (Phi) is 5.55. The van der Waals surface area contributed by atoms with Crippen LogP contribution in [0, 0.1) is 12.8 Å². The number of piperidine rings is 1. The number of aryl methyl sites for hydroxylation is 1. The Morgan fingerprint density at radius 2 is 1.81 bits per heavy atom. The molecule has 5 rings (SSSR count). The standard InChI is InChI=1S/C23H27N5O3/c1-16-20(21(26-31-16)17-7-3-2-4-8-17)22-25-24-19(30-22)15-27-13-9-18(10-14-27)23(29)28-11-5-6-12-28/h2-4,7-8,18H,5-6,9-15H2,1H3. The van der Waals surface area contributed by atoms with Gasteiger partial charge in [0.25, 0.3) is 5.89 Å². The number of hydrogen-bond donors (Lipinski definition) is 0. The molecule has 8 heteroatoms. The molecular weight excluding hydrogens is 394 g/mol. The van der Waals surface area contributed by atoms with E-state index in [0.29, 0.717) is 35.7 Å². The van der Waals surface area contributed by atoms with Gasteiger partial charge >= 0.3 is 0 Å². The van der Waals surface area contributed by atoms with Gasteiger partial charge in [-0.25, -0.2) is 0 Å². The minimum absolute atomic E-state index is 0.153. The summed E-state index contributed by atoms with van der Waals surface area (Å²) in [7, 11) is 0. The van der Waals surface area contributed by atoms with Crippen molar-refractivity contribution >= 4 is 5.91 Å². The highest BCUT2D eigenvalue weighted by Gasteiger charge is 2.30. The molecule has 0 radical (unpaired) electrons. The molecule has 0 spiro atoms. The van der Waals surface area contributed by atoms with Crippen LogP contribution in [0.3, 0.4) is 0 Å². The second-order valence-electron chi connectivity index (χ2n) is 8.41. The van der Waals surface area contributed by atoms with Crippen LogP contribution in [-0.2, 0) is 11.3 Å². The molecule has 162 valence electrons. The molecule has 0 unspecified atom stereocenters. The Bertz CT molecular complexity index is 1030. The summed E-state index contributed by atoms with van der Waals surface area (Å²) < 4.78 is 11.4. The summed E-state index contributed by atoms with van der Waals surface area (Å²) in [6, 6.07) is 9.83. The Labute approximate surface area is 181 Å². The van der Waals surface area contributed by atoms with Crippen molar-refractivity contribution in [3.8, 4) is 22.7 Å². The topological polar surface area (TPSA) is 88.5 Å². The first-order valence-corrected chi connectivity index (χ1v) is 11.0. The van der Waals surface area contributed by atoms with Crippen molar-refractivity contribution in [3.63, 3.8) is 0 Å². The van der Waals surface area contributed by atoms with E-state index in [1.54, 1.807) is 0 Å². The molecule has 8 nitrogen and oxygen atoms in total. The zero-order valence-electron chi connectivity index (χ0n) is 17.8. The molecule has 3 aromatic rings. The van der Waals surface area contributed by atoms with Gasteiger partial charge in [0.2, 0.25) is 11.8 Å². The van der Waals surface area contributed by atoms with Crippen LogP contribution in [0.5, 0.6) is 0 Å². The quantitative estimate of drug-likeness (QED) is 0.623. The summed E-state index contributed by atoms with van der Waals surface area (Å²) in [5, 5.41) is 12.7. The number of carbonyl (C=O) groups excluding carboxylic acids is 1. The minimum Gasteiger partial charge on any atom is -0.419 e. The van der Waals surface area contributed by atoms with Crippen molar-refractivity contribution in [1.29, 1.82) is 0 Å². The molecule has 0 saturated carbocycles. The third-order valence-electron chi connectivity index (χ3n) is 6.30. The average Bonchev–Trinajstić information content (AvgIpc) is 3.56. The number of nitrogens with zero attached hydrogens (tertiary/aromatic N) is 5. The largest absolute Gasteiger partial charge is 0.419 e. The summed E-state index contributed by atoms with van der Waals surface area (Å²) in [5.74, 6) is 2.13. The van der Waals surface area contributed by atoms with E-state index in [9.17, 15) is 4.79 Å². The number of rotatable bonds is 5. The van der Waals surface area contributed by atoms with Crippen LogP contribution in [0.25, 0.3) is 22.7 Å². The van der Waals surface area contributed by atoms with E-state index in [-0.39, 0.29) is 5.92 Å². The smallest absolute Gasteiger partial charge is 0.253 e. The molecule has 0 aliphatic carbocycles. The van der Waals surface area contributed by atoms with Crippen LogP contribution in [0.2, 0.25) is 0 Å². The SMILES string of the molecule is Cc1onc(-c2ccccc2)c1-c1nnc(CN2CCC(C(=O)N3CCCC3)CC2)o1. The van der Waals surface area contributed by atoms with E-state index < -0.39 is 0 Å². The molecule has 2 aliphatic heterocycles. The maximum absolute atomic E-state index is 12.6. The summed E-state index contributed by atoms with van der Waals surface area (Å²) >= 11 is 0. The van der Waals surface area contributed by atoms with E-state index in [4.69, 9.17) is 8.94 Å². The van der Waals surface area contributed by atoms with Gasteiger partial charge < -0.3 is 13.8 Å². The molecule has 0 N–H and O–H groups in total. The van der Waals surface area contributed by atoms with Gasteiger partial charge in [-0.2, -0.15) is 0 Å². The lowest BCUT2D eigenvalue weighted by atomic mass is 9.95. The summed E-state index contributed by atoms with van der Waals surface area (Å²) in [4.78, 5) is 17.0. The van der Waals surface area contributed by atoms with Gasteiger partial charge in [0.05, 0.1) is 6.54 Å². The van der Waals surface area contributed by atoms with Gasteiger partial charge in [0.1, 0.15) is 17.0 Å². The molecule has 31 heavy (non-hydrogen) atoms. The van der Waals surface area contributed by atoms with Crippen molar-refractivity contribution in [2.24, 2.45) is 5.92 Å². The van der Waals surface area contributed by atoms with Gasteiger partial charge in [-0.05, 0) is 45.7 Å². The molecule has 0 bridgehead atoms. The van der Waals surface area contributed by atoms with Gasteiger partial charge in [0, 0.05) is 24.6 Å². The van der Waals surface area contributed by atoms with E-state index in [2.05, 4.69) is 20.3 Å². The Morgan fingerprint density at radius 1 is 1.06 bits per heavy atom. The second-order valence-corrected chi connectivity index (χ2v) is 8.41. The third-order valence-corrected chi connectivity index (χ3v) is 6.30. The zero-order chi connectivity index (χ0) is 21.2. The fraction of sp³-hybridized carbons (Fsp3) is 0.478. The number of likely N-dealkylation sites (tertiary alicyclic amines) is 2. The van der Waals surface area contributed by atoms with Crippen LogP contribution in [-0.4, -0.2) is 57.2 Å². The van der Waals surface area contributed by atoms with Crippen LogP contribution in [0.15, 0.2) is 39.3 Å². The molecule has 2 aliphatic rings. The lowest BCUT2D eigenvalue weighted by molar-refractivity contribution is -0.136. The summed E-state index contributed by atoms with van der Waals surface area (Å²) in [5.41, 5.74) is 2.38. The fourth-order valence-corrected chi connectivity index (χ4v) is 4.56. The van der Waals surface area contributed by atoms with Crippen LogP contribution >= 0.6 is 0 Å². The number of aromatic nitrogens is 3. The minimum atomic E-state index is 0.153. The third kappa shape index (κ3) is 4.12. The summed E-state index contributed by atoms with van der Waals surface area (Å²) in [6.45, 7) is 6.02. The van der Waals surface area contributed by atoms with Crippen molar-refractivity contribution in [1.82, 2.24) is 25.2 Å². The monoisotopic (exact) mass is 421 g/mol. The highest BCUT2D eigenvalue weighted by molar-refractivity contribution is 5.79. The molecule has 1 aromatic carbocycles. The van der Waals surface area contributed by atoms with Crippen LogP contribution in [0.1, 0.15) is 37.3 Å². The van der Waals surface area contributed by atoms with E-state index >= 15 is 0 Å². The van der Waals surface area contributed by atoms with Crippen molar-refractivity contribution in [2.75, 3.05) is 26.2 Å². The molecule has 0 atom stereocenters. The Balaban J connectivity index is 1.24. The van der Waals surface area contributed by atoms with Crippen LogP contribution < -0.4 is 0 Å². The highest BCUT2D eigenvalue weighted by atomic mass is 16.5. The average molecular weight is 422 g/mol. The number of amides is 1. The van der Waals surface area contributed by atoms with E-state index in [0.717, 1.165) is 63.0 Å². The second kappa shape index (κ2) is 8.63. The van der Waals surface area contributed by atoms with Crippen molar-refractivity contribution < 1.29 is 13.7 Å². The normalized spacial score (nSPS) is 18.0. The molecular formula is C23H27N5O3. The Hall–Kier alpha value is -3.00. The zero-order valence-corrected chi connectivity index (χ0v) is 17.8. The summed E-state index contributed by atoms with van der Waals surface area (Å²) in [6.07, 6.45) is 4.06. The lowest BCUT2D eigenvalue weighted by Crippen LogP contribution is -2.41. The van der Waals surface area contributed by atoms with Gasteiger partial charge in [0.15, 0.2) is 0 Å². The van der Waals surface area contributed by atoms with Crippen molar-refractivity contribution in [3.05, 3.63) is 42.0 Å². The maximum Gasteiger partial charge on any atom is 0.253 e. The predicted octanol–water partition coefficient (Wildman–Crippen LogP) is 3.53. The first-order chi connectivity index (χ1) is 15.2. The van der Waals surface area contributed by atoms with Gasteiger partial charge in [-0.3, -0.25) is 9.69 Å². The van der Waals surface area contributed by atoms with Gasteiger partial charge in [-0.1, -0.05) is 35.5 Å². The predicted molar refractivity (Wildman–Crippen MR) is 114 cm³/mol. The first-order valence-electron chi connectivity index (χ1n) is 11.0. The molecule has 2 fully saturated rings. The first kappa shape index (κ1) is 19.9. The molecule has 2 saturated heterocycles. The maximum atomic E-state index is 12.6.